The number of hydrogen-bond donors (Lipinski definition) is 2. The molecule has 0 atom stereocenters. The lowest BCUT2D eigenvalue weighted by Crippen LogP contribution is -2.53. The van der Waals surface area contributed by atoms with Crippen LogP contribution in [0.2, 0.25) is 0 Å². The molecule has 178 valence electrons. The van der Waals surface area contributed by atoms with Crippen LogP contribution in [-0.2, 0) is 14.4 Å². The molecule has 0 bridgehead atoms. The zero-order chi connectivity index (χ0) is 23.4. The van der Waals surface area contributed by atoms with Crippen LogP contribution >= 0.6 is 0 Å². The van der Waals surface area contributed by atoms with E-state index in [1.807, 2.05) is 35.2 Å². The van der Waals surface area contributed by atoms with Gasteiger partial charge in [-0.15, -0.1) is 0 Å². The van der Waals surface area contributed by atoms with E-state index in [0.717, 1.165) is 29.8 Å². The zero-order valence-corrected chi connectivity index (χ0v) is 19.2. The lowest BCUT2D eigenvalue weighted by molar-refractivity contribution is -0.140. The van der Waals surface area contributed by atoms with Gasteiger partial charge < -0.3 is 15.5 Å². The summed E-state index contributed by atoms with van der Waals surface area (Å²) in [6.45, 7) is 4.24. The van der Waals surface area contributed by atoms with E-state index in [9.17, 15) is 19.2 Å². The van der Waals surface area contributed by atoms with Crippen molar-refractivity contribution in [1.29, 1.82) is 0 Å². The molecule has 1 aromatic rings. The summed E-state index contributed by atoms with van der Waals surface area (Å²) in [5.74, 6) is 0.0169. The predicted octanol–water partition coefficient (Wildman–Crippen LogP) is 1.66. The van der Waals surface area contributed by atoms with Crippen molar-refractivity contribution in [3.63, 3.8) is 0 Å². The fourth-order valence-corrected chi connectivity index (χ4v) is 5.05. The highest BCUT2D eigenvalue weighted by Gasteiger charge is 2.52. The Morgan fingerprint density at radius 2 is 1.70 bits per heavy atom. The Hall–Kier alpha value is -2.94. The van der Waals surface area contributed by atoms with Crippen LogP contribution in [0.4, 0.5) is 10.5 Å². The summed E-state index contributed by atoms with van der Waals surface area (Å²) in [4.78, 5) is 55.4. The first-order chi connectivity index (χ1) is 15.9. The third-order valence-electron chi connectivity index (χ3n) is 7.23. The van der Waals surface area contributed by atoms with E-state index in [1.165, 1.54) is 0 Å². The highest BCUT2D eigenvalue weighted by atomic mass is 16.2. The number of carbonyl (C=O) groups excluding carboxylic acids is 4. The summed E-state index contributed by atoms with van der Waals surface area (Å²) >= 11 is 0. The fourth-order valence-electron chi connectivity index (χ4n) is 5.05. The molecule has 2 N–H and O–H groups in total. The van der Waals surface area contributed by atoms with Crippen LogP contribution < -0.4 is 10.6 Å². The average Bonchev–Trinajstić information content (AvgIpc) is 3.04. The van der Waals surface area contributed by atoms with Crippen LogP contribution in [0.3, 0.4) is 0 Å². The van der Waals surface area contributed by atoms with Gasteiger partial charge in [0.1, 0.15) is 12.1 Å². The molecule has 1 aliphatic carbocycles. The molecule has 1 saturated carbocycles. The molecule has 5 amide bonds. The molecule has 0 radical (unpaired) electrons. The van der Waals surface area contributed by atoms with E-state index in [1.54, 1.807) is 4.90 Å². The van der Waals surface area contributed by atoms with Gasteiger partial charge >= 0.3 is 6.03 Å². The van der Waals surface area contributed by atoms with E-state index in [-0.39, 0.29) is 30.8 Å². The van der Waals surface area contributed by atoms with E-state index in [0.29, 0.717) is 44.9 Å². The number of carbonyl (C=O) groups is 4. The van der Waals surface area contributed by atoms with Crippen molar-refractivity contribution in [3.8, 4) is 0 Å². The van der Waals surface area contributed by atoms with Crippen molar-refractivity contribution in [2.75, 3.05) is 44.6 Å². The molecule has 0 unspecified atom stereocenters. The number of nitrogens with one attached hydrogen (secondary N) is 2. The minimum absolute atomic E-state index is 0.0941. The van der Waals surface area contributed by atoms with Crippen molar-refractivity contribution in [3.05, 3.63) is 30.3 Å². The highest BCUT2D eigenvalue weighted by Crippen LogP contribution is 2.37. The topological polar surface area (TPSA) is 102 Å². The minimum Gasteiger partial charge on any atom is -0.339 e. The first-order valence-corrected chi connectivity index (χ1v) is 11.9. The van der Waals surface area contributed by atoms with Crippen molar-refractivity contribution >= 4 is 29.4 Å². The molecular weight excluding hydrogens is 422 g/mol. The third kappa shape index (κ3) is 5.19. The first-order valence-electron chi connectivity index (χ1n) is 11.9. The van der Waals surface area contributed by atoms with Gasteiger partial charge in [-0.1, -0.05) is 31.5 Å². The van der Waals surface area contributed by atoms with Crippen molar-refractivity contribution in [1.82, 2.24) is 20.0 Å². The van der Waals surface area contributed by atoms with Crippen LogP contribution in [0, 0.1) is 5.92 Å². The summed E-state index contributed by atoms with van der Waals surface area (Å²) in [5.41, 5.74) is -0.0702. The SMILES string of the molecule is CCC1CCC2(CC1)NC(=O)N(CC(=O)N1CCN(CC(=O)Nc3ccccc3)CC1)C2=O. The highest BCUT2D eigenvalue weighted by molar-refractivity contribution is 6.09. The van der Waals surface area contributed by atoms with Gasteiger partial charge in [0.25, 0.3) is 5.91 Å². The Bertz CT molecular complexity index is 889. The normalized spacial score (nSPS) is 25.9. The molecule has 9 nitrogen and oxygen atoms in total. The maximum atomic E-state index is 13.0. The Morgan fingerprint density at radius 3 is 2.33 bits per heavy atom. The number of imide groups is 1. The van der Waals surface area contributed by atoms with E-state index in [2.05, 4.69) is 17.6 Å². The number of nitrogens with zero attached hydrogens (tertiary/aromatic N) is 3. The van der Waals surface area contributed by atoms with E-state index >= 15 is 0 Å². The van der Waals surface area contributed by atoms with Crippen molar-refractivity contribution < 1.29 is 19.2 Å². The van der Waals surface area contributed by atoms with E-state index in [4.69, 9.17) is 0 Å². The molecule has 3 fully saturated rings. The Morgan fingerprint density at radius 1 is 1.03 bits per heavy atom. The Kier molecular flexibility index (Phi) is 6.97. The molecule has 33 heavy (non-hydrogen) atoms. The summed E-state index contributed by atoms with van der Waals surface area (Å²) in [6, 6.07) is 8.84. The second-order valence-corrected chi connectivity index (χ2v) is 9.33. The Labute approximate surface area is 194 Å². The van der Waals surface area contributed by atoms with Crippen LogP contribution in [0.1, 0.15) is 39.0 Å². The lowest BCUT2D eigenvalue weighted by atomic mass is 9.75. The molecule has 4 rings (SSSR count). The quantitative estimate of drug-likeness (QED) is 0.636. The standard InChI is InChI=1S/C24H33N5O4/c1-2-18-8-10-24(11-9-18)22(32)29(23(33)26-24)17-21(31)28-14-12-27(13-15-28)16-20(30)25-19-6-4-3-5-7-19/h3-7,18H,2,8-17H2,1H3,(H,25,30)(H,26,33). The first kappa shape index (κ1) is 23.2. The predicted molar refractivity (Wildman–Crippen MR) is 123 cm³/mol. The molecule has 0 aromatic heterocycles. The molecule has 2 saturated heterocycles. The van der Waals surface area contributed by atoms with Gasteiger partial charge in [-0.2, -0.15) is 0 Å². The van der Waals surface area contributed by atoms with Crippen LogP contribution in [0.15, 0.2) is 30.3 Å². The zero-order valence-electron chi connectivity index (χ0n) is 19.2. The molecule has 3 aliphatic rings. The number of benzene rings is 1. The second kappa shape index (κ2) is 9.91. The maximum absolute atomic E-state index is 13.0. The van der Waals surface area contributed by atoms with Gasteiger partial charge in [0.15, 0.2) is 0 Å². The van der Waals surface area contributed by atoms with Crippen molar-refractivity contribution in [2.24, 2.45) is 5.92 Å². The molecule has 1 aromatic carbocycles. The molecule has 9 heteroatoms. The maximum Gasteiger partial charge on any atom is 0.325 e. The van der Waals surface area contributed by atoms with Gasteiger partial charge in [-0.05, 0) is 43.7 Å². The largest absolute Gasteiger partial charge is 0.339 e. The van der Waals surface area contributed by atoms with Gasteiger partial charge in [-0.3, -0.25) is 24.2 Å². The van der Waals surface area contributed by atoms with Gasteiger partial charge in [0.2, 0.25) is 11.8 Å². The minimum atomic E-state index is -0.826. The second-order valence-electron chi connectivity index (χ2n) is 9.33. The fraction of sp³-hybridized carbons (Fsp3) is 0.583. The summed E-state index contributed by atoms with van der Waals surface area (Å²) in [7, 11) is 0. The van der Waals surface area contributed by atoms with Crippen LogP contribution in [0.5, 0.6) is 0 Å². The van der Waals surface area contributed by atoms with Crippen molar-refractivity contribution in [2.45, 2.75) is 44.6 Å². The molecule has 2 heterocycles. The van der Waals surface area contributed by atoms with E-state index < -0.39 is 11.6 Å². The molecular formula is C24H33N5O4. The van der Waals surface area contributed by atoms with Gasteiger partial charge in [-0.25, -0.2) is 4.79 Å². The third-order valence-corrected chi connectivity index (χ3v) is 7.23. The van der Waals surface area contributed by atoms with Crippen LogP contribution in [0.25, 0.3) is 0 Å². The molecule has 2 aliphatic heterocycles. The summed E-state index contributed by atoms with van der Waals surface area (Å²) < 4.78 is 0. The number of anilines is 1. The number of hydrogen-bond acceptors (Lipinski definition) is 5. The number of piperazine rings is 1. The van der Waals surface area contributed by atoms with Gasteiger partial charge in [0.05, 0.1) is 6.54 Å². The smallest absolute Gasteiger partial charge is 0.325 e. The van der Waals surface area contributed by atoms with Gasteiger partial charge in [0, 0.05) is 31.9 Å². The Balaban J connectivity index is 1.24. The van der Waals surface area contributed by atoms with Crippen LogP contribution in [-0.4, -0.2) is 83.3 Å². The number of urea groups is 1. The number of para-hydroxylation sites is 1. The number of rotatable bonds is 6. The lowest BCUT2D eigenvalue weighted by Gasteiger charge is -2.35. The molecule has 1 spiro atoms. The number of amides is 5. The summed E-state index contributed by atoms with van der Waals surface area (Å²) in [5, 5.41) is 5.75. The average molecular weight is 456 g/mol. The summed E-state index contributed by atoms with van der Waals surface area (Å²) in [6.07, 6.45) is 4.21. The monoisotopic (exact) mass is 455 g/mol.